The number of aliphatic hydroxyl groups excluding tert-OH is 1. The topological polar surface area (TPSA) is 20.2 Å². The standard InChI is InChI=1S/C14H28O/c1-9(2)12-7-6-8-13(11(5)15)14(12)10(3)4/h9-15H,6-8H2,1-5H3. The van der Waals surface area contributed by atoms with E-state index in [1.54, 1.807) is 0 Å². The predicted octanol–water partition coefficient (Wildman–Crippen LogP) is 3.71. The monoisotopic (exact) mass is 212 g/mol. The lowest BCUT2D eigenvalue weighted by atomic mass is 9.62. The highest BCUT2D eigenvalue weighted by Gasteiger charge is 2.38. The number of rotatable bonds is 3. The van der Waals surface area contributed by atoms with E-state index in [0.29, 0.717) is 11.8 Å². The molecule has 1 nitrogen and oxygen atoms in total. The Bertz CT molecular complexity index is 168. The van der Waals surface area contributed by atoms with Crippen molar-refractivity contribution in [1.82, 2.24) is 0 Å². The first kappa shape index (κ1) is 13.0. The average Bonchev–Trinajstić information content (AvgIpc) is 2.16. The van der Waals surface area contributed by atoms with Crippen LogP contribution in [0.25, 0.3) is 0 Å². The van der Waals surface area contributed by atoms with E-state index in [-0.39, 0.29) is 6.10 Å². The number of hydrogen-bond acceptors (Lipinski definition) is 1. The molecule has 1 fully saturated rings. The average molecular weight is 212 g/mol. The molecule has 0 spiro atoms. The summed E-state index contributed by atoms with van der Waals surface area (Å²) in [7, 11) is 0. The summed E-state index contributed by atoms with van der Waals surface area (Å²) < 4.78 is 0. The molecule has 0 saturated heterocycles. The van der Waals surface area contributed by atoms with Gasteiger partial charge in [-0.1, -0.05) is 34.1 Å². The molecule has 1 rings (SSSR count). The highest BCUT2D eigenvalue weighted by Crippen LogP contribution is 2.44. The van der Waals surface area contributed by atoms with Gasteiger partial charge in [-0.25, -0.2) is 0 Å². The minimum atomic E-state index is -0.126. The van der Waals surface area contributed by atoms with Gasteiger partial charge in [0, 0.05) is 0 Å². The molecule has 4 unspecified atom stereocenters. The molecule has 1 aliphatic carbocycles. The van der Waals surface area contributed by atoms with Gasteiger partial charge in [-0.05, 0) is 49.4 Å². The Morgan fingerprint density at radius 1 is 0.867 bits per heavy atom. The normalized spacial score (nSPS) is 34.8. The van der Waals surface area contributed by atoms with Gasteiger partial charge in [-0.15, -0.1) is 0 Å². The van der Waals surface area contributed by atoms with Crippen molar-refractivity contribution >= 4 is 0 Å². The van der Waals surface area contributed by atoms with Crippen LogP contribution in [0, 0.1) is 29.6 Å². The largest absolute Gasteiger partial charge is 0.393 e. The predicted molar refractivity (Wildman–Crippen MR) is 65.7 cm³/mol. The number of hydrogen-bond donors (Lipinski definition) is 1. The Labute approximate surface area is 95.3 Å². The van der Waals surface area contributed by atoms with E-state index in [4.69, 9.17) is 0 Å². The van der Waals surface area contributed by atoms with Crippen molar-refractivity contribution in [1.29, 1.82) is 0 Å². The Balaban J connectivity index is 2.80. The van der Waals surface area contributed by atoms with Gasteiger partial charge in [-0.2, -0.15) is 0 Å². The summed E-state index contributed by atoms with van der Waals surface area (Å²) in [6, 6.07) is 0. The van der Waals surface area contributed by atoms with Crippen LogP contribution in [0.2, 0.25) is 0 Å². The van der Waals surface area contributed by atoms with Crippen LogP contribution in [0.15, 0.2) is 0 Å². The zero-order chi connectivity index (χ0) is 11.6. The van der Waals surface area contributed by atoms with Crippen LogP contribution in [0.3, 0.4) is 0 Å². The van der Waals surface area contributed by atoms with Gasteiger partial charge < -0.3 is 5.11 Å². The molecule has 1 aliphatic rings. The van der Waals surface area contributed by atoms with Gasteiger partial charge >= 0.3 is 0 Å². The lowest BCUT2D eigenvalue weighted by Crippen LogP contribution is -2.39. The smallest absolute Gasteiger partial charge is 0.0543 e. The molecule has 0 radical (unpaired) electrons. The molecular formula is C14H28O. The molecule has 0 aromatic heterocycles. The van der Waals surface area contributed by atoms with Crippen LogP contribution in [-0.4, -0.2) is 11.2 Å². The van der Waals surface area contributed by atoms with E-state index in [1.807, 2.05) is 6.92 Å². The van der Waals surface area contributed by atoms with Crippen LogP contribution < -0.4 is 0 Å². The van der Waals surface area contributed by atoms with Crippen molar-refractivity contribution in [2.24, 2.45) is 29.6 Å². The van der Waals surface area contributed by atoms with Gasteiger partial charge in [-0.3, -0.25) is 0 Å². The Kier molecular flexibility index (Phi) is 4.64. The maximum absolute atomic E-state index is 9.90. The second-order valence-corrected chi connectivity index (χ2v) is 6.06. The van der Waals surface area contributed by atoms with Crippen LogP contribution in [0.1, 0.15) is 53.9 Å². The van der Waals surface area contributed by atoms with Crippen LogP contribution in [-0.2, 0) is 0 Å². The Morgan fingerprint density at radius 3 is 1.80 bits per heavy atom. The summed E-state index contributed by atoms with van der Waals surface area (Å²) in [4.78, 5) is 0. The van der Waals surface area contributed by atoms with E-state index >= 15 is 0 Å². The summed E-state index contributed by atoms with van der Waals surface area (Å²) in [6.45, 7) is 11.3. The molecular weight excluding hydrogens is 184 g/mol. The molecule has 0 amide bonds. The van der Waals surface area contributed by atoms with E-state index in [1.165, 1.54) is 19.3 Å². The molecule has 0 aliphatic heterocycles. The van der Waals surface area contributed by atoms with Crippen molar-refractivity contribution in [3.8, 4) is 0 Å². The fraction of sp³-hybridized carbons (Fsp3) is 1.00. The maximum atomic E-state index is 9.90. The molecule has 1 N–H and O–H groups in total. The molecule has 4 atom stereocenters. The third-order valence-electron chi connectivity index (χ3n) is 4.31. The van der Waals surface area contributed by atoms with E-state index in [0.717, 1.165) is 17.8 Å². The van der Waals surface area contributed by atoms with Crippen molar-refractivity contribution < 1.29 is 5.11 Å². The van der Waals surface area contributed by atoms with Gasteiger partial charge in [0.05, 0.1) is 6.10 Å². The van der Waals surface area contributed by atoms with Gasteiger partial charge in [0.25, 0.3) is 0 Å². The highest BCUT2D eigenvalue weighted by molar-refractivity contribution is 4.87. The molecule has 90 valence electrons. The fourth-order valence-corrected chi connectivity index (χ4v) is 3.62. The molecule has 0 aromatic carbocycles. The van der Waals surface area contributed by atoms with Crippen molar-refractivity contribution in [3.63, 3.8) is 0 Å². The quantitative estimate of drug-likeness (QED) is 0.756. The highest BCUT2D eigenvalue weighted by atomic mass is 16.3. The maximum Gasteiger partial charge on any atom is 0.0543 e. The summed E-state index contributed by atoms with van der Waals surface area (Å²) in [5.41, 5.74) is 0. The van der Waals surface area contributed by atoms with Gasteiger partial charge in [0.15, 0.2) is 0 Å². The zero-order valence-electron chi connectivity index (χ0n) is 11.0. The Hall–Kier alpha value is -0.0400. The second-order valence-electron chi connectivity index (χ2n) is 6.06. The van der Waals surface area contributed by atoms with Gasteiger partial charge in [0.2, 0.25) is 0 Å². The lowest BCUT2D eigenvalue weighted by molar-refractivity contribution is -0.00425. The van der Waals surface area contributed by atoms with Crippen LogP contribution >= 0.6 is 0 Å². The van der Waals surface area contributed by atoms with E-state index in [2.05, 4.69) is 27.7 Å². The number of aliphatic hydroxyl groups is 1. The molecule has 1 heteroatoms. The van der Waals surface area contributed by atoms with Crippen molar-refractivity contribution in [3.05, 3.63) is 0 Å². The minimum Gasteiger partial charge on any atom is -0.393 e. The zero-order valence-corrected chi connectivity index (χ0v) is 11.0. The second kappa shape index (κ2) is 5.34. The third-order valence-corrected chi connectivity index (χ3v) is 4.31. The van der Waals surface area contributed by atoms with Crippen LogP contribution in [0.4, 0.5) is 0 Å². The van der Waals surface area contributed by atoms with Gasteiger partial charge in [0.1, 0.15) is 0 Å². The molecule has 0 aromatic rings. The van der Waals surface area contributed by atoms with E-state index < -0.39 is 0 Å². The fourth-order valence-electron chi connectivity index (χ4n) is 3.62. The summed E-state index contributed by atoms with van der Waals surface area (Å²) in [6.07, 6.45) is 3.77. The Morgan fingerprint density at radius 2 is 1.40 bits per heavy atom. The third kappa shape index (κ3) is 2.96. The molecule has 0 heterocycles. The summed E-state index contributed by atoms with van der Waals surface area (Å²) >= 11 is 0. The summed E-state index contributed by atoms with van der Waals surface area (Å²) in [5.74, 6) is 3.54. The summed E-state index contributed by atoms with van der Waals surface area (Å²) in [5, 5.41) is 9.90. The molecule has 15 heavy (non-hydrogen) atoms. The first-order chi connectivity index (χ1) is 6.95. The molecule has 0 bridgehead atoms. The SMILES string of the molecule is CC(C)C1CCCC(C(C)O)C1C(C)C. The first-order valence-electron chi connectivity index (χ1n) is 6.63. The first-order valence-corrected chi connectivity index (χ1v) is 6.63. The minimum absolute atomic E-state index is 0.126. The van der Waals surface area contributed by atoms with E-state index in [9.17, 15) is 5.11 Å². The van der Waals surface area contributed by atoms with Crippen LogP contribution in [0.5, 0.6) is 0 Å². The molecule has 1 saturated carbocycles. The van der Waals surface area contributed by atoms with Crippen molar-refractivity contribution in [2.45, 2.75) is 60.0 Å². The lowest BCUT2D eigenvalue weighted by Gasteiger charge is -2.44. The van der Waals surface area contributed by atoms with Crippen molar-refractivity contribution in [2.75, 3.05) is 0 Å².